The quantitative estimate of drug-likeness (QED) is 0.611. The van der Waals surface area contributed by atoms with Crippen molar-refractivity contribution in [3.05, 3.63) is 35.9 Å². The summed E-state index contributed by atoms with van der Waals surface area (Å²) < 4.78 is 0. The average molecular weight is 216 g/mol. The van der Waals surface area contributed by atoms with E-state index in [0.29, 0.717) is 5.92 Å². The highest BCUT2D eigenvalue weighted by atomic mass is 16.2. The van der Waals surface area contributed by atoms with Crippen molar-refractivity contribution in [3.8, 4) is 0 Å². The van der Waals surface area contributed by atoms with Crippen molar-refractivity contribution in [2.45, 2.75) is 26.2 Å². The number of carbonyl (C=O) groups excluding carboxylic acids is 1. The topological polar surface area (TPSA) is 41.5 Å². The highest BCUT2D eigenvalue weighted by Crippen LogP contribution is 2.47. The third-order valence-corrected chi connectivity index (χ3v) is 2.74. The average Bonchev–Trinajstić information content (AvgIpc) is 3.07. The molecule has 1 aliphatic carbocycles. The van der Waals surface area contributed by atoms with Gasteiger partial charge in [-0.25, -0.2) is 5.43 Å². The summed E-state index contributed by atoms with van der Waals surface area (Å²) in [4.78, 5) is 11.7. The van der Waals surface area contributed by atoms with E-state index < -0.39 is 0 Å². The lowest BCUT2D eigenvalue weighted by Crippen LogP contribution is -2.20. The van der Waals surface area contributed by atoms with Crippen LogP contribution in [0, 0.1) is 5.92 Å². The number of hydrazone groups is 1. The summed E-state index contributed by atoms with van der Waals surface area (Å²) >= 11 is 0. The van der Waals surface area contributed by atoms with E-state index >= 15 is 0 Å². The van der Waals surface area contributed by atoms with Gasteiger partial charge in [0.2, 0.25) is 5.91 Å². The molecule has 0 heterocycles. The van der Waals surface area contributed by atoms with Crippen LogP contribution in [-0.4, -0.2) is 11.6 Å². The molecule has 0 aromatic heterocycles. The molecule has 3 heteroatoms. The van der Waals surface area contributed by atoms with Crippen LogP contribution in [-0.2, 0) is 4.79 Å². The van der Waals surface area contributed by atoms with Crippen LogP contribution in [0.3, 0.4) is 0 Å². The minimum Gasteiger partial charge on any atom is -0.273 e. The van der Waals surface area contributed by atoms with Gasteiger partial charge in [-0.15, -0.1) is 0 Å². The summed E-state index contributed by atoms with van der Waals surface area (Å²) in [7, 11) is 0. The van der Waals surface area contributed by atoms with Crippen LogP contribution >= 0.6 is 0 Å². The fraction of sp³-hybridized carbons (Fsp3) is 0.385. The predicted octanol–water partition coefficient (Wildman–Crippen LogP) is 2.30. The molecule has 2 atom stereocenters. The molecule has 3 nitrogen and oxygen atoms in total. The van der Waals surface area contributed by atoms with Gasteiger partial charge < -0.3 is 0 Å². The fourth-order valence-corrected chi connectivity index (χ4v) is 1.80. The summed E-state index contributed by atoms with van der Waals surface area (Å²) in [5.41, 5.74) is 4.71. The Morgan fingerprint density at radius 1 is 1.31 bits per heavy atom. The smallest absolute Gasteiger partial charge is 0.243 e. The van der Waals surface area contributed by atoms with Crippen LogP contribution < -0.4 is 5.43 Å². The molecule has 1 fully saturated rings. The monoisotopic (exact) mass is 216 g/mol. The molecule has 1 N–H and O–H groups in total. The largest absolute Gasteiger partial charge is 0.273 e. The van der Waals surface area contributed by atoms with Crippen LogP contribution in [0.15, 0.2) is 35.4 Å². The lowest BCUT2D eigenvalue weighted by Gasteiger charge is -2.00. The van der Waals surface area contributed by atoms with Crippen LogP contribution in [0.5, 0.6) is 0 Å². The van der Waals surface area contributed by atoms with Gasteiger partial charge in [0.1, 0.15) is 0 Å². The number of hydrogen-bond acceptors (Lipinski definition) is 2. The molecule has 1 amide bonds. The number of carbonyl (C=O) groups is 1. The molecule has 0 spiro atoms. The van der Waals surface area contributed by atoms with Gasteiger partial charge in [-0.3, -0.25) is 4.79 Å². The van der Waals surface area contributed by atoms with E-state index in [0.717, 1.165) is 12.1 Å². The molecular weight excluding hydrogens is 200 g/mol. The molecule has 0 unspecified atom stereocenters. The molecular formula is C13H16N2O. The third kappa shape index (κ3) is 2.48. The van der Waals surface area contributed by atoms with Gasteiger partial charge in [0.05, 0.1) is 0 Å². The molecule has 2 rings (SSSR count). The summed E-state index contributed by atoms with van der Waals surface area (Å²) in [5.74, 6) is 0.522. The van der Waals surface area contributed by atoms with Crippen molar-refractivity contribution < 1.29 is 4.79 Å². The van der Waals surface area contributed by atoms with E-state index in [9.17, 15) is 4.79 Å². The summed E-state index contributed by atoms with van der Waals surface area (Å²) in [5, 5.41) is 3.93. The Balaban J connectivity index is 1.92. The Bertz CT molecular complexity index is 407. The molecule has 1 saturated carbocycles. The zero-order valence-electron chi connectivity index (χ0n) is 9.60. The van der Waals surface area contributed by atoms with Gasteiger partial charge in [-0.1, -0.05) is 30.3 Å². The molecule has 16 heavy (non-hydrogen) atoms. The van der Waals surface area contributed by atoms with Crippen molar-refractivity contribution in [1.82, 2.24) is 5.43 Å². The predicted molar refractivity (Wildman–Crippen MR) is 64.2 cm³/mol. The minimum atomic E-state index is 0.0371. The lowest BCUT2D eigenvalue weighted by molar-refractivity contribution is -0.122. The summed E-state index contributed by atoms with van der Waals surface area (Å²) in [6.45, 7) is 3.73. The lowest BCUT2D eigenvalue weighted by atomic mass is 10.1. The first-order chi connectivity index (χ1) is 7.68. The van der Waals surface area contributed by atoms with Gasteiger partial charge in [0.15, 0.2) is 0 Å². The molecule has 0 saturated heterocycles. The molecule has 0 radical (unpaired) electrons. The fourth-order valence-electron chi connectivity index (χ4n) is 1.80. The number of nitrogens with one attached hydrogen (secondary N) is 1. The van der Waals surface area contributed by atoms with Gasteiger partial charge >= 0.3 is 0 Å². The Labute approximate surface area is 95.6 Å². The normalized spacial score (nSPS) is 22.4. The van der Waals surface area contributed by atoms with Crippen molar-refractivity contribution in [3.63, 3.8) is 0 Å². The molecule has 0 aliphatic heterocycles. The first-order valence-corrected chi connectivity index (χ1v) is 5.54. The maximum absolute atomic E-state index is 11.7. The van der Waals surface area contributed by atoms with Crippen LogP contribution in [0.4, 0.5) is 0 Å². The summed E-state index contributed by atoms with van der Waals surface area (Å²) in [6.07, 6.45) is 0.939. The third-order valence-electron chi connectivity index (χ3n) is 2.74. The Hall–Kier alpha value is -1.64. The van der Waals surface area contributed by atoms with E-state index in [1.165, 1.54) is 5.56 Å². The van der Waals surface area contributed by atoms with E-state index in [-0.39, 0.29) is 11.8 Å². The Morgan fingerprint density at radius 3 is 2.62 bits per heavy atom. The number of benzene rings is 1. The van der Waals surface area contributed by atoms with E-state index in [1.54, 1.807) is 0 Å². The number of rotatable bonds is 3. The zero-order chi connectivity index (χ0) is 11.5. The molecule has 1 aliphatic rings. The zero-order valence-corrected chi connectivity index (χ0v) is 9.60. The molecule has 0 bridgehead atoms. The highest BCUT2D eigenvalue weighted by Gasteiger charge is 2.43. The van der Waals surface area contributed by atoms with E-state index in [4.69, 9.17) is 0 Å². The van der Waals surface area contributed by atoms with Crippen LogP contribution in [0.2, 0.25) is 0 Å². The van der Waals surface area contributed by atoms with E-state index in [1.807, 2.05) is 32.0 Å². The van der Waals surface area contributed by atoms with Crippen LogP contribution in [0.25, 0.3) is 0 Å². The standard InChI is InChI=1S/C13H16N2O/c1-9(2)14-15-13(16)12-8-11(12)10-6-4-3-5-7-10/h3-7,11-12H,8H2,1-2H3,(H,15,16)/t11-,12+/m0/s1. The van der Waals surface area contributed by atoms with Crippen molar-refractivity contribution in [2.75, 3.05) is 0 Å². The maximum Gasteiger partial charge on any atom is 0.243 e. The highest BCUT2D eigenvalue weighted by molar-refractivity contribution is 5.85. The Morgan fingerprint density at radius 2 is 2.00 bits per heavy atom. The second kappa shape index (κ2) is 4.47. The SMILES string of the molecule is CC(C)=NNC(=O)[C@@H]1C[C@H]1c1ccccc1. The second-order valence-electron chi connectivity index (χ2n) is 4.39. The van der Waals surface area contributed by atoms with Gasteiger partial charge in [0.25, 0.3) is 0 Å². The number of nitrogens with zero attached hydrogens (tertiary/aromatic N) is 1. The van der Waals surface area contributed by atoms with Crippen LogP contribution in [0.1, 0.15) is 31.7 Å². The second-order valence-corrected chi connectivity index (χ2v) is 4.39. The number of amides is 1. The van der Waals surface area contributed by atoms with Gasteiger partial charge in [-0.05, 0) is 31.7 Å². The Kier molecular flexibility index (Phi) is 3.04. The molecule has 1 aromatic rings. The van der Waals surface area contributed by atoms with Crippen molar-refractivity contribution in [1.29, 1.82) is 0 Å². The summed E-state index contributed by atoms with van der Waals surface area (Å²) in [6, 6.07) is 10.2. The van der Waals surface area contributed by atoms with E-state index in [2.05, 4.69) is 22.7 Å². The van der Waals surface area contributed by atoms with Gasteiger partial charge in [0, 0.05) is 11.6 Å². The molecule has 84 valence electrons. The maximum atomic E-state index is 11.7. The van der Waals surface area contributed by atoms with Gasteiger partial charge in [-0.2, -0.15) is 5.10 Å². The first kappa shape index (κ1) is 10.9. The molecule has 1 aromatic carbocycles. The number of hydrogen-bond donors (Lipinski definition) is 1. The van der Waals surface area contributed by atoms with Crippen molar-refractivity contribution in [2.24, 2.45) is 11.0 Å². The van der Waals surface area contributed by atoms with Crippen molar-refractivity contribution >= 4 is 11.6 Å². The first-order valence-electron chi connectivity index (χ1n) is 5.54. The minimum absolute atomic E-state index is 0.0371.